The van der Waals surface area contributed by atoms with Crippen molar-refractivity contribution in [3.05, 3.63) is 0 Å². The van der Waals surface area contributed by atoms with Crippen LogP contribution in [0.25, 0.3) is 0 Å². The average molecular weight is 221 g/mol. The van der Waals surface area contributed by atoms with Crippen LogP contribution in [-0.4, -0.2) is 31.8 Å². The van der Waals surface area contributed by atoms with Crippen molar-refractivity contribution in [1.29, 1.82) is 0 Å². The topological polar surface area (TPSA) is 83.5 Å². The molecule has 0 bridgehead atoms. The Morgan fingerprint density at radius 1 is 1.57 bits per heavy atom. The second-order valence-electron chi connectivity index (χ2n) is 3.81. The lowest BCUT2D eigenvalue weighted by atomic mass is 10.2. The molecule has 1 atom stereocenters. The number of hydrogen-bond donors (Lipinski definition) is 2. The van der Waals surface area contributed by atoms with Crippen LogP contribution in [0.5, 0.6) is 0 Å². The molecule has 0 aromatic heterocycles. The van der Waals surface area contributed by atoms with Gasteiger partial charge in [-0.1, -0.05) is 6.92 Å². The van der Waals surface area contributed by atoms with Gasteiger partial charge in [-0.05, 0) is 18.8 Å². The second-order valence-corrected chi connectivity index (χ2v) is 5.66. The SMILES string of the molecule is CC(CNS(=O)(=O)CC1CC1)C(=O)O. The Bertz CT molecular complexity index is 307. The molecule has 0 radical (unpaired) electrons. The highest BCUT2D eigenvalue weighted by atomic mass is 32.2. The van der Waals surface area contributed by atoms with Crippen molar-refractivity contribution in [2.45, 2.75) is 19.8 Å². The molecule has 0 spiro atoms. The highest BCUT2D eigenvalue weighted by Gasteiger charge is 2.28. The number of aliphatic carboxylic acids is 1. The van der Waals surface area contributed by atoms with E-state index in [2.05, 4.69) is 4.72 Å². The van der Waals surface area contributed by atoms with Crippen LogP contribution >= 0.6 is 0 Å². The highest BCUT2D eigenvalue weighted by Crippen LogP contribution is 2.29. The third-order valence-corrected chi connectivity index (χ3v) is 3.70. The first kappa shape index (κ1) is 11.5. The van der Waals surface area contributed by atoms with E-state index in [1.807, 2.05) is 0 Å². The van der Waals surface area contributed by atoms with Crippen LogP contribution in [0.15, 0.2) is 0 Å². The van der Waals surface area contributed by atoms with E-state index in [1.54, 1.807) is 0 Å². The van der Waals surface area contributed by atoms with E-state index in [0.717, 1.165) is 12.8 Å². The van der Waals surface area contributed by atoms with Gasteiger partial charge in [-0.25, -0.2) is 13.1 Å². The summed E-state index contributed by atoms with van der Waals surface area (Å²) in [5.41, 5.74) is 0. The molecule has 0 aliphatic heterocycles. The van der Waals surface area contributed by atoms with E-state index in [-0.39, 0.29) is 18.2 Å². The summed E-state index contributed by atoms with van der Waals surface area (Å²) in [6.07, 6.45) is 1.94. The van der Waals surface area contributed by atoms with Gasteiger partial charge in [0.1, 0.15) is 0 Å². The molecule has 1 unspecified atom stereocenters. The molecule has 0 heterocycles. The Hall–Kier alpha value is -0.620. The summed E-state index contributed by atoms with van der Waals surface area (Å²) in [5.74, 6) is -1.24. The molecule has 82 valence electrons. The maximum absolute atomic E-state index is 11.3. The number of carbonyl (C=O) groups is 1. The molecule has 1 fully saturated rings. The molecule has 0 amide bonds. The van der Waals surface area contributed by atoms with Crippen LogP contribution in [0.1, 0.15) is 19.8 Å². The molecule has 14 heavy (non-hydrogen) atoms. The number of sulfonamides is 1. The Morgan fingerprint density at radius 3 is 2.57 bits per heavy atom. The summed E-state index contributed by atoms with van der Waals surface area (Å²) >= 11 is 0. The van der Waals surface area contributed by atoms with Gasteiger partial charge in [-0.15, -0.1) is 0 Å². The highest BCUT2D eigenvalue weighted by molar-refractivity contribution is 7.89. The molecule has 0 saturated heterocycles. The summed E-state index contributed by atoms with van der Waals surface area (Å²) in [5, 5.41) is 8.54. The van der Waals surface area contributed by atoms with Gasteiger partial charge in [-0.3, -0.25) is 4.79 Å². The lowest BCUT2D eigenvalue weighted by Crippen LogP contribution is -2.33. The number of carboxylic acid groups (broad SMARTS) is 1. The summed E-state index contributed by atoms with van der Waals surface area (Å²) in [6, 6.07) is 0. The first-order valence-electron chi connectivity index (χ1n) is 4.61. The minimum absolute atomic E-state index is 0.0234. The fourth-order valence-electron chi connectivity index (χ4n) is 0.993. The van der Waals surface area contributed by atoms with E-state index in [1.165, 1.54) is 6.92 Å². The summed E-state index contributed by atoms with van der Waals surface area (Å²) in [6.45, 7) is 1.45. The van der Waals surface area contributed by atoms with E-state index >= 15 is 0 Å². The molecule has 0 aromatic carbocycles. The minimum Gasteiger partial charge on any atom is -0.481 e. The van der Waals surface area contributed by atoms with Gasteiger partial charge in [0.15, 0.2) is 0 Å². The van der Waals surface area contributed by atoms with Gasteiger partial charge in [0, 0.05) is 6.54 Å². The third kappa shape index (κ3) is 4.06. The quantitative estimate of drug-likeness (QED) is 0.663. The molecule has 5 nitrogen and oxygen atoms in total. The van der Waals surface area contributed by atoms with E-state index in [9.17, 15) is 13.2 Å². The molecule has 2 N–H and O–H groups in total. The standard InChI is InChI=1S/C8H15NO4S/c1-6(8(10)11)4-9-14(12,13)5-7-2-3-7/h6-7,9H,2-5H2,1H3,(H,10,11). The van der Waals surface area contributed by atoms with Crippen LogP contribution in [-0.2, 0) is 14.8 Å². The van der Waals surface area contributed by atoms with Gasteiger partial charge in [-0.2, -0.15) is 0 Å². The lowest BCUT2D eigenvalue weighted by Gasteiger charge is -2.08. The number of rotatable bonds is 6. The van der Waals surface area contributed by atoms with Crippen molar-refractivity contribution in [1.82, 2.24) is 4.72 Å². The van der Waals surface area contributed by atoms with Crippen molar-refractivity contribution in [2.24, 2.45) is 11.8 Å². The molecular weight excluding hydrogens is 206 g/mol. The minimum atomic E-state index is -3.26. The smallest absolute Gasteiger partial charge is 0.307 e. The maximum Gasteiger partial charge on any atom is 0.307 e. The first-order valence-corrected chi connectivity index (χ1v) is 6.26. The average Bonchev–Trinajstić information content (AvgIpc) is 2.83. The number of hydrogen-bond acceptors (Lipinski definition) is 3. The van der Waals surface area contributed by atoms with E-state index in [0.29, 0.717) is 0 Å². The van der Waals surface area contributed by atoms with Gasteiger partial charge >= 0.3 is 5.97 Å². The van der Waals surface area contributed by atoms with Crippen LogP contribution in [0, 0.1) is 11.8 Å². The summed E-state index contributed by atoms with van der Waals surface area (Å²) < 4.78 is 24.9. The van der Waals surface area contributed by atoms with Crippen LogP contribution in [0.2, 0.25) is 0 Å². The fourth-order valence-corrected chi connectivity index (χ4v) is 2.57. The number of nitrogens with one attached hydrogen (secondary N) is 1. The maximum atomic E-state index is 11.3. The fraction of sp³-hybridized carbons (Fsp3) is 0.875. The zero-order valence-electron chi connectivity index (χ0n) is 8.06. The molecule has 1 saturated carbocycles. The van der Waals surface area contributed by atoms with Crippen molar-refractivity contribution in [2.75, 3.05) is 12.3 Å². The van der Waals surface area contributed by atoms with Crippen LogP contribution < -0.4 is 4.72 Å². The number of carboxylic acids is 1. The summed E-state index contributed by atoms with van der Waals surface area (Å²) in [4.78, 5) is 10.4. The predicted molar refractivity (Wildman–Crippen MR) is 51.3 cm³/mol. The van der Waals surface area contributed by atoms with Crippen LogP contribution in [0.4, 0.5) is 0 Å². The predicted octanol–water partition coefficient (Wildman–Crippen LogP) is 0.0365. The van der Waals surface area contributed by atoms with Gasteiger partial charge in [0.25, 0.3) is 0 Å². The first-order chi connectivity index (χ1) is 6.41. The largest absolute Gasteiger partial charge is 0.481 e. The Balaban J connectivity index is 2.31. The van der Waals surface area contributed by atoms with Crippen molar-refractivity contribution in [3.8, 4) is 0 Å². The van der Waals surface area contributed by atoms with Crippen molar-refractivity contribution < 1.29 is 18.3 Å². The molecule has 0 aromatic rings. The Morgan fingerprint density at radius 2 is 2.14 bits per heavy atom. The normalized spacial score (nSPS) is 19.2. The third-order valence-electron chi connectivity index (χ3n) is 2.18. The zero-order valence-corrected chi connectivity index (χ0v) is 8.88. The molecule has 1 aliphatic rings. The Labute approximate surface area is 83.6 Å². The zero-order chi connectivity index (χ0) is 10.8. The van der Waals surface area contributed by atoms with Crippen molar-refractivity contribution >= 4 is 16.0 Å². The van der Waals surface area contributed by atoms with Crippen LogP contribution in [0.3, 0.4) is 0 Å². The lowest BCUT2D eigenvalue weighted by molar-refractivity contribution is -0.140. The molecule has 1 rings (SSSR count). The van der Waals surface area contributed by atoms with E-state index in [4.69, 9.17) is 5.11 Å². The molecule has 6 heteroatoms. The second kappa shape index (κ2) is 4.27. The van der Waals surface area contributed by atoms with Gasteiger partial charge in [0.05, 0.1) is 11.7 Å². The van der Waals surface area contributed by atoms with Gasteiger partial charge in [0.2, 0.25) is 10.0 Å². The summed E-state index contributed by atoms with van der Waals surface area (Å²) in [7, 11) is -3.26. The Kier molecular flexibility index (Phi) is 3.49. The van der Waals surface area contributed by atoms with E-state index < -0.39 is 21.9 Å². The van der Waals surface area contributed by atoms with Gasteiger partial charge < -0.3 is 5.11 Å². The van der Waals surface area contributed by atoms with Crippen molar-refractivity contribution in [3.63, 3.8) is 0 Å². The molecular formula is C8H15NO4S. The monoisotopic (exact) mass is 221 g/mol. The molecule has 1 aliphatic carbocycles.